The van der Waals surface area contributed by atoms with Crippen molar-refractivity contribution in [3.05, 3.63) is 34.9 Å². The molecule has 7 heteroatoms. The Morgan fingerprint density at radius 1 is 1.09 bits per heavy atom. The van der Waals surface area contributed by atoms with Gasteiger partial charge in [0.2, 0.25) is 0 Å². The van der Waals surface area contributed by atoms with E-state index in [2.05, 4.69) is 0 Å². The summed E-state index contributed by atoms with van der Waals surface area (Å²) >= 11 is 5.91. The smallest absolute Gasteiger partial charge is 0.409 e. The van der Waals surface area contributed by atoms with E-state index < -0.39 is 0 Å². The van der Waals surface area contributed by atoms with E-state index in [0.717, 1.165) is 5.56 Å². The van der Waals surface area contributed by atoms with Gasteiger partial charge < -0.3 is 19.3 Å². The predicted molar refractivity (Wildman–Crippen MR) is 86.7 cm³/mol. The lowest BCUT2D eigenvalue weighted by Crippen LogP contribution is -2.50. The largest absolute Gasteiger partial charge is 0.450 e. The number of carbonyl (C=O) groups excluding carboxylic acids is 2. The van der Waals surface area contributed by atoms with Gasteiger partial charge in [-0.05, 0) is 24.6 Å². The second-order valence-electron chi connectivity index (χ2n) is 5.17. The Labute approximate surface area is 140 Å². The zero-order valence-corrected chi connectivity index (χ0v) is 13.9. The number of rotatable bonds is 4. The molecule has 1 aromatic carbocycles. The Balaban J connectivity index is 1.70. The molecule has 23 heavy (non-hydrogen) atoms. The number of hydrogen-bond acceptors (Lipinski definition) is 4. The molecule has 0 atom stereocenters. The van der Waals surface area contributed by atoms with Gasteiger partial charge in [-0.25, -0.2) is 9.59 Å². The molecule has 1 heterocycles. The van der Waals surface area contributed by atoms with Gasteiger partial charge in [0, 0.05) is 37.6 Å². The van der Waals surface area contributed by atoms with E-state index in [1.54, 1.807) is 22.8 Å². The maximum absolute atomic E-state index is 12.0. The van der Waals surface area contributed by atoms with Crippen LogP contribution in [0.5, 0.6) is 0 Å². The van der Waals surface area contributed by atoms with Crippen molar-refractivity contribution in [1.82, 2.24) is 9.80 Å². The molecule has 0 radical (unpaired) electrons. The number of carbonyl (C=O) groups is 2. The molecular formula is C16H21ClN2O4. The molecule has 0 aliphatic carbocycles. The highest BCUT2D eigenvalue weighted by Crippen LogP contribution is 2.11. The van der Waals surface area contributed by atoms with E-state index >= 15 is 0 Å². The topological polar surface area (TPSA) is 59.1 Å². The number of piperazine rings is 1. The Bertz CT molecular complexity index is 545. The van der Waals surface area contributed by atoms with Gasteiger partial charge in [0.1, 0.15) is 0 Å². The van der Waals surface area contributed by atoms with Crippen LogP contribution in [0, 0.1) is 0 Å². The van der Waals surface area contributed by atoms with Crippen LogP contribution in [0.25, 0.3) is 0 Å². The average molecular weight is 341 g/mol. The summed E-state index contributed by atoms with van der Waals surface area (Å²) < 4.78 is 10.2. The summed E-state index contributed by atoms with van der Waals surface area (Å²) in [5.41, 5.74) is 1.03. The lowest BCUT2D eigenvalue weighted by atomic mass is 10.2. The Morgan fingerprint density at radius 3 is 2.26 bits per heavy atom. The van der Waals surface area contributed by atoms with Crippen LogP contribution in [-0.4, -0.2) is 61.4 Å². The zero-order chi connectivity index (χ0) is 16.7. The predicted octanol–water partition coefficient (Wildman–Crippen LogP) is 2.79. The van der Waals surface area contributed by atoms with E-state index in [4.69, 9.17) is 21.1 Å². The highest BCUT2D eigenvalue weighted by molar-refractivity contribution is 6.30. The first kappa shape index (κ1) is 17.4. The van der Waals surface area contributed by atoms with Crippen LogP contribution in [-0.2, 0) is 15.9 Å². The Kier molecular flexibility index (Phi) is 6.52. The van der Waals surface area contributed by atoms with Crippen LogP contribution >= 0.6 is 11.6 Å². The molecule has 1 fully saturated rings. The van der Waals surface area contributed by atoms with Crippen LogP contribution < -0.4 is 0 Å². The van der Waals surface area contributed by atoms with Crippen molar-refractivity contribution >= 4 is 23.8 Å². The van der Waals surface area contributed by atoms with E-state index in [1.165, 1.54) is 0 Å². The Hall–Kier alpha value is -1.95. The molecule has 2 rings (SSSR count). The second kappa shape index (κ2) is 8.62. The van der Waals surface area contributed by atoms with Gasteiger partial charge in [-0.2, -0.15) is 0 Å². The number of nitrogens with zero attached hydrogens (tertiary/aromatic N) is 2. The molecular weight excluding hydrogens is 320 g/mol. The second-order valence-corrected chi connectivity index (χ2v) is 5.60. The van der Waals surface area contributed by atoms with Crippen molar-refractivity contribution in [2.75, 3.05) is 39.4 Å². The van der Waals surface area contributed by atoms with Gasteiger partial charge >= 0.3 is 12.2 Å². The third-order valence-corrected chi connectivity index (χ3v) is 3.80. The van der Waals surface area contributed by atoms with Crippen LogP contribution in [0.1, 0.15) is 12.5 Å². The summed E-state index contributed by atoms with van der Waals surface area (Å²) in [6.45, 7) is 4.25. The van der Waals surface area contributed by atoms with Crippen molar-refractivity contribution in [3.8, 4) is 0 Å². The fraction of sp³-hybridized carbons (Fsp3) is 0.500. The molecule has 6 nitrogen and oxygen atoms in total. The molecule has 1 aliphatic heterocycles. The van der Waals surface area contributed by atoms with Crippen molar-refractivity contribution in [2.24, 2.45) is 0 Å². The average Bonchev–Trinajstić information content (AvgIpc) is 2.55. The van der Waals surface area contributed by atoms with E-state index in [-0.39, 0.29) is 12.2 Å². The lowest BCUT2D eigenvalue weighted by Gasteiger charge is -2.33. The molecule has 126 valence electrons. The third kappa shape index (κ3) is 5.32. The van der Waals surface area contributed by atoms with Crippen LogP contribution in [0.3, 0.4) is 0 Å². The quantitative estimate of drug-likeness (QED) is 0.845. The van der Waals surface area contributed by atoms with Crippen molar-refractivity contribution in [1.29, 1.82) is 0 Å². The number of benzene rings is 1. The van der Waals surface area contributed by atoms with Gasteiger partial charge in [-0.15, -0.1) is 0 Å². The summed E-state index contributed by atoms with van der Waals surface area (Å²) in [7, 11) is 0. The normalized spacial score (nSPS) is 14.5. The maximum atomic E-state index is 12.0. The molecule has 0 saturated carbocycles. The minimum Gasteiger partial charge on any atom is -0.450 e. The third-order valence-electron chi connectivity index (χ3n) is 3.57. The van der Waals surface area contributed by atoms with Gasteiger partial charge in [-0.1, -0.05) is 23.7 Å². The van der Waals surface area contributed by atoms with Gasteiger partial charge in [0.05, 0.1) is 13.2 Å². The highest BCUT2D eigenvalue weighted by atomic mass is 35.5. The van der Waals surface area contributed by atoms with Crippen molar-refractivity contribution in [3.63, 3.8) is 0 Å². The lowest BCUT2D eigenvalue weighted by molar-refractivity contribution is 0.0628. The molecule has 0 bridgehead atoms. The molecule has 1 saturated heterocycles. The summed E-state index contributed by atoms with van der Waals surface area (Å²) in [5, 5.41) is 0.670. The summed E-state index contributed by atoms with van der Waals surface area (Å²) in [6.07, 6.45) is -0.0632. The van der Waals surface area contributed by atoms with Gasteiger partial charge in [-0.3, -0.25) is 0 Å². The fourth-order valence-corrected chi connectivity index (χ4v) is 2.54. The SMILES string of the molecule is CCOC(=O)N1CCN(C(=O)OCCc2cccc(Cl)c2)CC1. The van der Waals surface area contributed by atoms with Gasteiger partial charge in [0.25, 0.3) is 0 Å². The molecule has 2 amide bonds. The summed E-state index contributed by atoms with van der Waals surface area (Å²) in [5.74, 6) is 0. The summed E-state index contributed by atoms with van der Waals surface area (Å²) in [6, 6.07) is 7.47. The van der Waals surface area contributed by atoms with E-state index in [0.29, 0.717) is 50.8 Å². The first-order valence-corrected chi connectivity index (χ1v) is 8.05. The first-order valence-electron chi connectivity index (χ1n) is 7.68. The van der Waals surface area contributed by atoms with Crippen molar-refractivity contribution < 1.29 is 19.1 Å². The number of halogens is 1. The molecule has 0 N–H and O–H groups in total. The maximum Gasteiger partial charge on any atom is 0.409 e. The summed E-state index contributed by atoms with van der Waals surface area (Å²) in [4.78, 5) is 26.8. The highest BCUT2D eigenvalue weighted by Gasteiger charge is 2.25. The minimum absolute atomic E-state index is 0.303. The number of hydrogen-bond donors (Lipinski definition) is 0. The number of amides is 2. The standard InChI is InChI=1S/C16H21ClN2O4/c1-2-22-15(20)18-7-9-19(10-8-18)16(21)23-11-6-13-4-3-5-14(17)12-13/h3-5,12H,2,6-11H2,1H3. The molecule has 1 aliphatic rings. The van der Waals surface area contributed by atoms with Gasteiger partial charge in [0.15, 0.2) is 0 Å². The molecule has 0 unspecified atom stereocenters. The fourth-order valence-electron chi connectivity index (χ4n) is 2.33. The van der Waals surface area contributed by atoms with E-state index in [1.807, 2.05) is 18.2 Å². The first-order chi connectivity index (χ1) is 11.1. The van der Waals surface area contributed by atoms with E-state index in [9.17, 15) is 9.59 Å². The number of ether oxygens (including phenoxy) is 2. The molecule has 0 aromatic heterocycles. The Morgan fingerprint density at radius 2 is 1.70 bits per heavy atom. The van der Waals surface area contributed by atoms with Crippen LogP contribution in [0.2, 0.25) is 5.02 Å². The van der Waals surface area contributed by atoms with Crippen molar-refractivity contribution in [2.45, 2.75) is 13.3 Å². The monoisotopic (exact) mass is 340 g/mol. The molecule has 1 aromatic rings. The molecule has 0 spiro atoms. The minimum atomic E-state index is -0.351. The van der Waals surface area contributed by atoms with Crippen LogP contribution in [0.15, 0.2) is 24.3 Å². The van der Waals surface area contributed by atoms with Crippen LogP contribution in [0.4, 0.5) is 9.59 Å². The zero-order valence-electron chi connectivity index (χ0n) is 13.2.